The number of benzene rings is 2. The monoisotopic (exact) mass is 206 g/mol. The highest BCUT2D eigenvalue weighted by Gasteiger charge is 2.35. The Morgan fingerprint density at radius 1 is 0.875 bits per heavy atom. The lowest BCUT2D eigenvalue weighted by Crippen LogP contribution is -2.16. The second-order valence-electron chi connectivity index (χ2n) is 5.17. The third kappa shape index (κ3) is 1.06. The molecule has 0 unspecified atom stereocenters. The second kappa shape index (κ2) is 3.01. The van der Waals surface area contributed by atoms with E-state index >= 15 is 0 Å². The molecule has 0 amide bonds. The van der Waals surface area contributed by atoms with Gasteiger partial charge in [0.1, 0.15) is 7.85 Å². The summed E-state index contributed by atoms with van der Waals surface area (Å²) in [6.07, 6.45) is 0. The fraction of sp³-hybridized carbons (Fsp3) is 0.200. The Bertz CT molecular complexity index is 567. The molecule has 0 radical (unpaired) electrons. The minimum absolute atomic E-state index is 0.151. The molecule has 0 atom stereocenters. The highest BCUT2D eigenvalue weighted by molar-refractivity contribution is 6.36. The van der Waals surface area contributed by atoms with Gasteiger partial charge in [-0.1, -0.05) is 61.8 Å². The normalized spacial score (nSPS) is 15.6. The summed E-state index contributed by atoms with van der Waals surface area (Å²) in [4.78, 5) is 0. The summed E-state index contributed by atoms with van der Waals surface area (Å²) in [5, 5.41) is 0. The van der Waals surface area contributed by atoms with Crippen molar-refractivity contribution in [2.75, 3.05) is 0 Å². The molecule has 0 aromatic heterocycles. The first-order valence-corrected chi connectivity index (χ1v) is 5.82. The van der Waals surface area contributed by atoms with E-state index in [4.69, 9.17) is 0 Å². The minimum Gasteiger partial charge on any atom is -0.0810 e. The van der Waals surface area contributed by atoms with E-state index in [-0.39, 0.29) is 5.41 Å². The molecular formula is C15H15B. The second-order valence-corrected chi connectivity index (χ2v) is 5.17. The molecule has 2 aromatic rings. The van der Waals surface area contributed by atoms with Crippen LogP contribution in [0, 0.1) is 0 Å². The Balaban J connectivity index is 2.45. The highest BCUT2D eigenvalue weighted by Crippen LogP contribution is 2.47. The van der Waals surface area contributed by atoms with Crippen molar-refractivity contribution in [1.82, 2.24) is 0 Å². The van der Waals surface area contributed by atoms with Crippen LogP contribution < -0.4 is 5.46 Å². The smallest absolute Gasteiger partial charge is 0.0810 e. The van der Waals surface area contributed by atoms with E-state index in [0.29, 0.717) is 0 Å². The van der Waals surface area contributed by atoms with Gasteiger partial charge in [-0.25, -0.2) is 0 Å². The van der Waals surface area contributed by atoms with Gasteiger partial charge in [0.05, 0.1) is 0 Å². The van der Waals surface area contributed by atoms with E-state index in [9.17, 15) is 0 Å². The summed E-state index contributed by atoms with van der Waals surface area (Å²) in [5.74, 6) is 0. The van der Waals surface area contributed by atoms with Gasteiger partial charge in [-0.15, -0.1) is 0 Å². The van der Waals surface area contributed by atoms with Crippen LogP contribution in [0.2, 0.25) is 0 Å². The molecule has 1 aliphatic carbocycles. The third-order valence-electron chi connectivity index (χ3n) is 3.82. The van der Waals surface area contributed by atoms with Crippen molar-refractivity contribution in [2.24, 2.45) is 0 Å². The molecule has 1 aliphatic rings. The molecule has 0 saturated heterocycles. The molecule has 0 nitrogen and oxygen atoms in total. The van der Waals surface area contributed by atoms with E-state index in [2.05, 4.69) is 64.2 Å². The quantitative estimate of drug-likeness (QED) is 0.580. The Morgan fingerprint density at radius 3 is 2.38 bits per heavy atom. The van der Waals surface area contributed by atoms with Crippen molar-refractivity contribution in [3.63, 3.8) is 0 Å². The average molecular weight is 206 g/mol. The lowest BCUT2D eigenvalue weighted by atomic mass is 9.80. The summed E-state index contributed by atoms with van der Waals surface area (Å²) in [7, 11) is 2.21. The van der Waals surface area contributed by atoms with E-state index in [1.54, 1.807) is 0 Å². The zero-order chi connectivity index (χ0) is 11.3. The number of hydrogen-bond donors (Lipinski definition) is 0. The van der Waals surface area contributed by atoms with Crippen LogP contribution in [0.25, 0.3) is 11.1 Å². The maximum Gasteiger partial charge on any atom is 0.140 e. The minimum atomic E-state index is 0.151. The van der Waals surface area contributed by atoms with Gasteiger partial charge in [0.2, 0.25) is 0 Å². The van der Waals surface area contributed by atoms with Crippen molar-refractivity contribution < 1.29 is 0 Å². The molecule has 16 heavy (non-hydrogen) atoms. The predicted molar refractivity (Wildman–Crippen MR) is 72.2 cm³/mol. The van der Waals surface area contributed by atoms with Crippen LogP contribution in [-0.4, -0.2) is 7.85 Å². The van der Waals surface area contributed by atoms with Crippen molar-refractivity contribution in [2.45, 2.75) is 19.3 Å². The first-order valence-electron chi connectivity index (χ1n) is 5.82. The molecule has 1 heteroatoms. The molecule has 0 saturated carbocycles. The topological polar surface area (TPSA) is 0 Å². The Kier molecular flexibility index (Phi) is 1.82. The standard InChI is InChI=1S/C15H15B/c1-15(2)11-7-4-3-6-10(11)14-12(15)8-5-9-13(14)16/h3-9H,16H2,1-2H3. The van der Waals surface area contributed by atoms with Crippen LogP contribution in [0.3, 0.4) is 0 Å². The maximum absolute atomic E-state index is 2.32. The summed E-state index contributed by atoms with van der Waals surface area (Å²) in [6, 6.07) is 15.4. The molecular weight excluding hydrogens is 191 g/mol. The first kappa shape index (κ1) is 9.71. The van der Waals surface area contributed by atoms with E-state index in [0.717, 1.165) is 0 Å². The molecule has 2 aromatic carbocycles. The molecule has 0 heterocycles. The van der Waals surface area contributed by atoms with Crippen LogP contribution in [0.5, 0.6) is 0 Å². The van der Waals surface area contributed by atoms with Gasteiger partial charge < -0.3 is 0 Å². The summed E-state index contributed by atoms with van der Waals surface area (Å²) < 4.78 is 0. The lowest BCUT2D eigenvalue weighted by Gasteiger charge is -2.21. The van der Waals surface area contributed by atoms with Crippen LogP contribution >= 0.6 is 0 Å². The van der Waals surface area contributed by atoms with Crippen molar-refractivity contribution in [3.8, 4) is 11.1 Å². The number of fused-ring (bicyclic) bond motifs is 3. The molecule has 78 valence electrons. The van der Waals surface area contributed by atoms with E-state index in [1.807, 2.05) is 0 Å². The van der Waals surface area contributed by atoms with Gasteiger partial charge in [0.15, 0.2) is 0 Å². The molecule has 0 bridgehead atoms. The van der Waals surface area contributed by atoms with Crippen molar-refractivity contribution in [3.05, 3.63) is 53.6 Å². The van der Waals surface area contributed by atoms with Gasteiger partial charge in [-0.2, -0.15) is 0 Å². The Hall–Kier alpha value is -1.50. The molecule has 0 fully saturated rings. The van der Waals surface area contributed by atoms with Crippen molar-refractivity contribution in [1.29, 1.82) is 0 Å². The van der Waals surface area contributed by atoms with Crippen LogP contribution in [0.4, 0.5) is 0 Å². The van der Waals surface area contributed by atoms with Gasteiger partial charge in [0.25, 0.3) is 0 Å². The fourth-order valence-electron chi connectivity index (χ4n) is 2.94. The largest absolute Gasteiger partial charge is 0.140 e. The van der Waals surface area contributed by atoms with Gasteiger partial charge in [-0.3, -0.25) is 0 Å². The molecule has 3 rings (SSSR count). The van der Waals surface area contributed by atoms with E-state index < -0.39 is 0 Å². The maximum atomic E-state index is 2.32. The van der Waals surface area contributed by atoms with Gasteiger partial charge in [-0.05, 0) is 22.3 Å². The fourth-order valence-corrected chi connectivity index (χ4v) is 2.94. The van der Waals surface area contributed by atoms with Gasteiger partial charge >= 0.3 is 0 Å². The Morgan fingerprint density at radius 2 is 1.56 bits per heavy atom. The van der Waals surface area contributed by atoms with Crippen molar-refractivity contribution >= 4 is 13.3 Å². The first-order chi connectivity index (χ1) is 7.62. The zero-order valence-electron chi connectivity index (χ0n) is 10.0. The van der Waals surface area contributed by atoms with Gasteiger partial charge in [0, 0.05) is 5.41 Å². The zero-order valence-corrected chi connectivity index (χ0v) is 10.0. The molecule has 0 N–H and O–H groups in total. The van der Waals surface area contributed by atoms with Crippen LogP contribution in [0.1, 0.15) is 25.0 Å². The number of rotatable bonds is 0. The van der Waals surface area contributed by atoms with Crippen LogP contribution in [-0.2, 0) is 5.41 Å². The average Bonchev–Trinajstić information content (AvgIpc) is 2.51. The SMILES string of the molecule is Bc1cccc2c1-c1ccccc1C2(C)C. The molecule has 0 aliphatic heterocycles. The lowest BCUT2D eigenvalue weighted by molar-refractivity contribution is 0.660. The Labute approximate surface area is 97.7 Å². The summed E-state index contributed by atoms with van der Waals surface area (Å²) >= 11 is 0. The number of hydrogen-bond acceptors (Lipinski definition) is 0. The van der Waals surface area contributed by atoms with E-state index in [1.165, 1.54) is 27.7 Å². The summed E-state index contributed by atoms with van der Waals surface area (Å²) in [6.45, 7) is 4.63. The van der Waals surface area contributed by atoms with Crippen LogP contribution in [0.15, 0.2) is 42.5 Å². The predicted octanol–water partition coefficient (Wildman–Crippen LogP) is 2.25. The third-order valence-corrected chi connectivity index (χ3v) is 3.82. The molecule has 0 spiro atoms. The summed E-state index contributed by atoms with van der Waals surface area (Å²) in [5.41, 5.74) is 7.32. The highest BCUT2D eigenvalue weighted by atomic mass is 14.4.